The van der Waals surface area contributed by atoms with Crippen molar-refractivity contribution in [2.24, 2.45) is 0 Å². The zero-order valence-electron chi connectivity index (χ0n) is 25.3. The van der Waals surface area contributed by atoms with Crippen molar-refractivity contribution >= 4 is 33.2 Å². The minimum Gasteiger partial charge on any atom is -0.490 e. The van der Waals surface area contributed by atoms with Crippen LogP contribution < -0.4 is 10.1 Å². The molecule has 0 fully saturated rings. The first kappa shape index (κ1) is 29.8. The van der Waals surface area contributed by atoms with Crippen LogP contribution in [0.1, 0.15) is 35.5 Å². The van der Waals surface area contributed by atoms with Gasteiger partial charge in [-0.2, -0.15) is 5.10 Å². The van der Waals surface area contributed by atoms with Gasteiger partial charge in [-0.15, -0.1) is 11.3 Å². The van der Waals surface area contributed by atoms with Gasteiger partial charge in [0.2, 0.25) is 5.91 Å². The van der Waals surface area contributed by atoms with E-state index in [1.165, 1.54) is 24.3 Å². The molecule has 2 aromatic carbocycles. The molecule has 0 spiro atoms. The molecule has 2 amide bonds. The first-order chi connectivity index (χ1) is 22.3. The van der Waals surface area contributed by atoms with Gasteiger partial charge in [0.15, 0.2) is 0 Å². The maximum atomic E-state index is 14.6. The molecule has 0 radical (unpaired) electrons. The Bertz CT molecular complexity index is 2030. The van der Waals surface area contributed by atoms with Crippen molar-refractivity contribution in [3.8, 4) is 39.5 Å². The highest BCUT2D eigenvalue weighted by molar-refractivity contribution is 7.18. The van der Waals surface area contributed by atoms with E-state index in [0.717, 1.165) is 44.6 Å². The van der Waals surface area contributed by atoms with Gasteiger partial charge in [-0.05, 0) is 73.7 Å². The molecule has 0 aliphatic carbocycles. The third-order valence-electron chi connectivity index (χ3n) is 8.19. The lowest BCUT2D eigenvalue weighted by atomic mass is 9.94. The highest BCUT2D eigenvalue weighted by Gasteiger charge is 2.27. The standard InChI is InChI=1S/C35H31F2N5O3S/c1-20(2)45-29-17-23(37)6-8-26(29)31-33(28-18-24-19-41(13-14-42(24)40-28)30(43)4-3-11-36)39-32(27-10-15-46-34(27)31)22-5-7-25-21(16-22)9-12-38-35(25)44/h3-8,10,15-18,20H,9,11-14,19H2,1-2H3,(H,38,44)/b4-3+. The smallest absolute Gasteiger partial charge is 0.251 e. The highest BCUT2D eigenvalue weighted by atomic mass is 32.1. The number of hydrogen-bond donors (Lipinski definition) is 1. The van der Waals surface area contributed by atoms with Crippen molar-refractivity contribution in [1.29, 1.82) is 0 Å². The highest BCUT2D eigenvalue weighted by Crippen LogP contribution is 2.46. The number of nitrogens with zero attached hydrogens (tertiary/aromatic N) is 4. The van der Waals surface area contributed by atoms with Gasteiger partial charge in [0.1, 0.15) is 29.6 Å². The largest absolute Gasteiger partial charge is 0.490 e. The number of carbonyl (C=O) groups is 2. The first-order valence-electron chi connectivity index (χ1n) is 15.2. The lowest BCUT2D eigenvalue weighted by molar-refractivity contribution is -0.127. The van der Waals surface area contributed by atoms with Gasteiger partial charge < -0.3 is 15.0 Å². The van der Waals surface area contributed by atoms with Crippen LogP contribution in [0.2, 0.25) is 0 Å². The van der Waals surface area contributed by atoms with Crippen molar-refractivity contribution in [2.75, 3.05) is 19.8 Å². The van der Waals surface area contributed by atoms with Crippen LogP contribution in [0, 0.1) is 5.82 Å². The van der Waals surface area contributed by atoms with Crippen LogP contribution in [-0.2, 0) is 24.3 Å². The molecule has 46 heavy (non-hydrogen) atoms. The molecule has 0 saturated carbocycles. The minimum absolute atomic E-state index is 0.0808. The predicted octanol–water partition coefficient (Wildman–Crippen LogP) is 6.57. The molecular formula is C35H31F2N5O3S. The number of fused-ring (bicyclic) bond motifs is 3. The van der Waals surface area contributed by atoms with Crippen LogP contribution in [0.4, 0.5) is 8.78 Å². The summed E-state index contributed by atoms with van der Waals surface area (Å²) >= 11 is 1.56. The quantitative estimate of drug-likeness (QED) is 0.204. The number of alkyl halides is 1. The van der Waals surface area contributed by atoms with Crippen molar-refractivity contribution in [2.45, 2.75) is 39.5 Å². The van der Waals surface area contributed by atoms with E-state index in [2.05, 4.69) is 5.32 Å². The number of aromatic nitrogens is 3. The summed E-state index contributed by atoms with van der Waals surface area (Å²) in [6, 6.07) is 14.3. The van der Waals surface area contributed by atoms with E-state index in [-0.39, 0.29) is 17.9 Å². The lowest BCUT2D eigenvalue weighted by Crippen LogP contribution is -2.37. The second kappa shape index (κ2) is 12.1. The molecule has 5 heterocycles. The molecule has 2 aliphatic heterocycles. The van der Waals surface area contributed by atoms with Gasteiger partial charge in [-0.25, -0.2) is 13.8 Å². The summed E-state index contributed by atoms with van der Waals surface area (Å²) < 4.78 is 36.2. The number of benzene rings is 2. The summed E-state index contributed by atoms with van der Waals surface area (Å²) in [6.45, 7) is 4.89. The van der Waals surface area contributed by atoms with Crippen molar-refractivity contribution in [3.05, 3.63) is 88.7 Å². The summed E-state index contributed by atoms with van der Waals surface area (Å²) in [4.78, 5) is 32.1. The fourth-order valence-electron chi connectivity index (χ4n) is 6.13. The summed E-state index contributed by atoms with van der Waals surface area (Å²) in [5, 5.41) is 10.8. The second-order valence-electron chi connectivity index (χ2n) is 11.6. The lowest BCUT2D eigenvalue weighted by Gasteiger charge is -2.26. The Labute approximate surface area is 268 Å². The molecule has 234 valence electrons. The van der Waals surface area contributed by atoms with Crippen LogP contribution in [0.5, 0.6) is 5.75 Å². The molecule has 0 bridgehead atoms. The Morgan fingerprint density at radius 3 is 2.78 bits per heavy atom. The fraction of sp³-hybridized carbons (Fsp3) is 0.257. The average Bonchev–Trinajstić information content (AvgIpc) is 3.70. The molecular weight excluding hydrogens is 608 g/mol. The van der Waals surface area contributed by atoms with Gasteiger partial charge in [0.25, 0.3) is 5.91 Å². The van der Waals surface area contributed by atoms with Crippen LogP contribution in [0.25, 0.3) is 43.9 Å². The maximum absolute atomic E-state index is 14.6. The summed E-state index contributed by atoms with van der Waals surface area (Å²) in [5.74, 6) is -0.339. The second-order valence-corrected chi connectivity index (χ2v) is 12.5. The SMILES string of the molecule is CC(C)Oc1cc(F)ccc1-c1c(-c2cc3n(n2)CCN(C(=O)/C=C/CF)C3)nc(-c2ccc3c(c2)CCNC3=O)c2ccsc12. The predicted molar refractivity (Wildman–Crippen MR) is 174 cm³/mol. The number of allylic oxidation sites excluding steroid dienone is 1. The number of ether oxygens (including phenoxy) is 1. The van der Waals surface area contributed by atoms with E-state index < -0.39 is 12.5 Å². The number of carbonyl (C=O) groups excluding carboxylic acids is 2. The monoisotopic (exact) mass is 639 g/mol. The van der Waals surface area contributed by atoms with Crippen LogP contribution in [0.15, 0.2) is 66.1 Å². The van der Waals surface area contributed by atoms with Gasteiger partial charge in [0, 0.05) is 57.6 Å². The van der Waals surface area contributed by atoms with Crippen LogP contribution >= 0.6 is 11.3 Å². The third kappa shape index (κ3) is 5.44. The number of halogens is 2. The van der Waals surface area contributed by atoms with E-state index in [1.54, 1.807) is 22.3 Å². The molecule has 7 rings (SSSR count). The summed E-state index contributed by atoms with van der Waals surface area (Å²) in [6.07, 6.45) is 3.00. The Hall–Kier alpha value is -4.90. The van der Waals surface area contributed by atoms with E-state index in [0.29, 0.717) is 54.4 Å². The van der Waals surface area contributed by atoms with Gasteiger partial charge >= 0.3 is 0 Å². The number of amides is 2. The minimum atomic E-state index is -0.701. The number of hydrogen-bond acceptors (Lipinski definition) is 6. The average molecular weight is 640 g/mol. The van der Waals surface area contributed by atoms with Crippen molar-refractivity contribution < 1.29 is 23.1 Å². The molecule has 8 nitrogen and oxygen atoms in total. The maximum Gasteiger partial charge on any atom is 0.251 e. The molecule has 2 aliphatic rings. The molecule has 5 aromatic rings. The topological polar surface area (TPSA) is 89.3 Å². The molecule has 11 heteroatoms. The molecule has 0 atom stereocenters. The van der Waals surface area contributed by atoms with E-state index in [9.17, 15) is 18.4 Å². The van der Waals surface area contributed by atoms with E-state index in [4.69, 9.17) is 14.8 Å². The van der Waals surface area contributed by atoms with Crippen molar-refractivity contribution in [3.63, 3.8) is 0 Å². The summed E-state index contributed by atoms with van der Waals surface area (Å²) in [5.41, 5.74) is 6.74. The van der Waals surface area contributed by atoms with E-state index >= 15 is 0 Å². The van der Waals surface area contributed by atoms with Gasteiger partial charge in [-0.1, -0.05) is 6.07 Å². The molecule has 1 N–H and O–H groups in total. The number of nitrogens with one attached hydrogen (secondary N) is 1. The Balaban J connectivity index is 1.43. The van der Waals surface area contributed by atoms with E-state index in [1.807, 2.05) is 54.2 Å². The van der Waals surface area contributed by atoms with Gasteiger partial charge in [0.05, 0.1) is 30.6 Å². The first-order valence-corrected chi connectivity index (χ1v) is 16.1. The Morgan fingerprint density at radius 1 is 1.11 bits per heavy atom. The molecule has 0 saturated heterocycles. The Morgan fingerprint density at radius 2 is 1.96 bits per heavy atom. The number of rotatable bonds is 7. The van der Waals surface area contributed by atoms with Crippen LogP contribution in [0.3, 0.4) is 0 Å². The third-order valence-corrected chi connectivity index (χ3v) is 9.12. The van der Waals surface area contributed by atoms with Crippen molar-refractivity contribution in [1.82, 2.24) is 25.0 Å². The normalized spacial score (nSPS) is 14.5. The number of thiophene rings is 1. The van der Waals surface area contributed by atoms with Crippen LogP contribution in [-0.4, -0.2) is 57.3 Å². The summed E-state index contributed by atoms with van der Waals surface area (Å²) in [7, 11) is 0. The van der Waals surface area contributed by atoms with Gasteiger partial charge in [-0.3, -0.25) is 14.3 Å². The Kier molecular flexibility index (Phi) is 7.85. The fourth-order valence-corrected chi connectivity index (χ4v) is 7.09. The molecule has 0 unspecified atom stereocenters. The number of pyridine rings is 1. The zero-order valence-corrected chi connectivity index (χ0v) is 26.2. The zero-order chi connectivity index (χ0) is 31.9. The molecule has 3 aromatic heterocycles.